The Labute approximate surface area is 181 Å². The Morgan fingerprint density at radius 1 is 0.967 bits per heavy atom. The number of amides is 2. The Morgan fingerprint density at radius 2 is 1.70 bits per heavy atom. The number of likely N-dealkylation sites (tertiary alicyclic amines) is 1. The van der Waals surface area contributed by atoms with Crippen molar-refractivity contribution >= 4 is 28.8 Å². The summed E-state index contributed by atoms with van der Waals surface area (Å²) in [6.07, 6.45) is 2.61. The van der Waals surface area contributed by atoms with Gasteiger partial charge in [-0.1, -0.05) is 42.5 Å². The quantitative estimate of drug-likeness (QED) is 0.561. The van der Waals surface area contributed by atoms with E-state index in [1.165, 1.54) is 11.3 Å². The van der Waals surface area contributed by atoms with E-state index in [-0.39, 0.29) is 11.8 Å². The molecule has 1 saturated heterocycles. The number of thiophene rings is 1. The molecule has 154 valence electrons. The molecule has 0 unspecified atom stereocenters. The second-order valence-corrected chi connectivity index (χ2v) is 8.67. The maximum atomic E-state index is 13.2. The summed E-state index contributed by atoms with van der Waals surface area (Å²) in [6, 6.07) is 19.7. The predicted molar refractivity (Wildman–Crippen MR) is 122 cm³/mol. The maximum Gasteiger partial charge on any atom is 0.268 e. The molecule has 2 heterocycles. The zero-order valence-electron chi connectivity index (χ0n) is 17.2. The van der Waals surface area contributed by atoms with Crippen molar-refractivity contribution in [1.82, 2.24) is 4.90 Å². The average Bonchev–Trinajstić information content (AvgIpc) is 3.48. The van der Waals surface area contributed by atoms with E-state index in [1.807, 2.05) is 63.7 Å². The van der Waals surface area contributed by atoms with E-state index < -0.39 is 0 Å². The van der Waals surface area contributed by atoms with Crippen molar-refractivity contribution in [3.8, 4) is 0 Å². The molecule has 0 saturated carbocycles. The SMILES string of the molecule is Cc1ccccc1CN(C(=O)c1cccs1)c1ccc(CC(=O)N2CCCC2)cc1. The molecule has 0 radical (unpaired) electrons. The Balaban J connectivity index is 1.56. The molecule has 0 spiro atoms. The van der Waals surface area contributed by atoms with Crippen LogP contribution in [0.25, 0.3) is 0 Å². The van der Waals surface area contributed by atoms with E-state index in [9.17, 15) is 9.59 Å². The van der Waals surface area contributed by atoms with Crippen LogP contribution in [-0.2, 0) is 17.8 Å². The number of aryl methyl sites for hydroxylation is 1. The molecule has 1 aliphatic rings. The first-order valence-corrected chi connectivity index (χ1v) is 11.3. The lowest BCUT2D eigenvalue weighted by Crippen LogP contribution is -2.30. The van der Waals surface area contributed by atoms with Gasteiger partial charge in [0.1, 0.15) is 0 Å². The standard InChI is InChI=1S/C25H26N2O2S/c1-19-7-2-3-8-21(19)18-27(25(29)23-9-6-16-30-23)22-12-10-20(11-13-22)17-24(28)26-14-4-5-15-26/h2-3,6-13,16H,4-5,14-15,17-18H2,1H3. The van der Waals surface area contributed by atoms with Crippen molar-refractivity contribution < 1.29 is 9.59 Å². The second-order valence-electron chi connectivity index (χ2n) is 7.73. The lowest BCUT2D eigenvalue weighted by atomic mass is 10.1. The zero-order valence-corrected chi connectivity index (χ0v) is 18.0. The third-order valence-corrected chi connectivity index (χ3v) is 6.49. The lowest BCUT2D eigenvalue weighted by Gasteiger charge is -2.24. The molecule has 0 aliphatic carbocycles. The Kier molecular flexibility index (Phi) is 6.29. The van der Waals surface area contributed by atoms with Crippen molar-refractivity contribution in [2.75, 3.05) is 18.0 Å². The van der Waals surface area contributed by atoms with E-state index in [0.717, 1.165) is 53.2 Å². The normalized spacial score (nSPS) is 13.4. The summed E-state index contributed by atoms with van der Waals surface area (Å²) in [7, 11) is 0. The first kappa shape index (κ1) is 20.4. The molecule has 30 heavy (non-hydrogen) atoms. The molecule has 5 heteroatoms. The third kappa shape index (κ3) is 4.62. The van der Waals surface area contributed by atoms with Gasteiger partial charge in [-0.3, -0.25) is 9.59 Å². The van der Waals surface area contributed by atoms with Crippen molar-refractivity contribution in [3.63, 3.8) is 0 Å². The van der Waals surface area contributed by atoms with Crippen LogP contribution in [0.5, 0.6) is 0 Å². The van der Waals surface area contributed by atoms with Gasteiger partial charge in [0.2, 0.25) is 5.91 Å². The first-order chi connectivity index (χ1) is 14.6. The van der Waals surface area contributed by atoms with E-state index >= 15 is 0 Å². The molecular weight excluding hydrogens is 392 g/mol. The molecule has 1 fully saturated rings. The largest absolute Gasteiger partial charge is 0.342 e. The van der Waals surface area contributed by atoms with Crippen LogP contribution in [0.2, 0.25) is 0 Å². The van der Waals surface area contributed by atoms with E-state index in [0.29, 0.717) is 13.0 Å². The fourth-order valence-electron chi connectivity index (χ4n) is 3.82. The number of hydrogen-bond acceptors (Lipinski definition) is 3. The van der Waals surface area contributed by atoms with Gasteiger partial charge in [0.25, 0.3) is 5.91 Å². The molecule has 0 bridgehead atoms. The van der Waals surface area contributed by atoms with Crippen LogP contribution in [0.4, 0.5) is 5.69 Å². The van der Waals surface area contributed by atoms with Gasteiger partial charge in [0, 0.05) is 18.8 Å². The fourth-order valence-corrected chi connectivity index (χ4v) is 4.49. The van der Waals surface area contributed by atoms with Gasteiger partial charge in [-0.05, 0) is 60.0 Å². The molecule has 1 aliphatic heterocycles. The Bertz CT molecular complexity index is 1010. The van der Waals surface area contributed by atoms with Crippen molar-refractivity contribution in [3.05, 3.63) is 87.6 Å². The van der Waals surface area contributed by atoms with Crippen LogP contribution in [0.3, 0.4) is 0 Å². The Hall–Kier alpha value is -2.92. The molecule has 0 atom stereocenters. The molecule has 2 amide bonds. The minimum atomic E-state index is -0.00542. The van der Waals surface area contributed by atoms with E-state index in [2.05, 4.69) is 19.1 Å². The highest BCUT2D eigenvalue weighted by molar-refractivity contribution is 7.12. The van der Waals surface area contributed by atoms with Crippen molar-refractivity contribution in [2.24, 2.45) is 0 Å². The first-order valence-electron chi connectivity index (χ1n) is 10.4. The van der Waals surface area contributed by atoms with Gasteiger partial charge < -0.3 is 9.80 Å². The average molecular weight is 419 g/mol. The number of carbonyl (C=O) groups excluding carboxylic acids is 2. The highest BCUT2D eigenvalue weighted by Crippen LogP contribution is 2.24. The van der Waals surface area contributed by atoms with Crippen molar-refractivity contribution in [2.45, 2.75) is 32.7 Å². The monoisotopic (exact) mass is 418 g/mol. The van der Waals surface area contributed by atoms with Gasteiger partial charge in [-0.25, -0.2) is 0 Å². The minimum absolute atomic E-state index is 0.00542. The molecule has 2 aromatic carbocycles. The number of anilines is 1. The van der Waals surface area contributed by atoms with Gasteiger partial charge in [-0.2, -0.15) is 0 Å². The summed E-state index contributed by atoms with van der Waals surface area (Å²) in [5, 5.41) is 1.92. The smallest absolute Gasteiger partial charge is 0.268 e. The Morgan fingerprint density at radius 3 is 2.37 bits per heavy atom. The minimum Gasteiger partial charge on any atom is -0.342 e. The number of carbonyl (C=O) groups is 2. The molecular formula is C25H26N2O2S. The van der Waals surface area contributed by atoms with Crippen LogP contribution >= 0.6 is 11.3 Å². The highest BCUT2D eigenvalue weighted by atomic mass is 32.1. The van der Waals surface area contributed by atoms with Gasteiger partial charge in [-0.15, -0.1) is 11.3 Å². The van der Waals surface area contributed by atoms with Crippen LogP contribution in [0, 0.1) is 6.92 Å². The van der Waals surface area contributed by atoms with E-state index in [1.54, 1.807) is 0 Å². The van der Waals surface area contributed by atoms with Crippen LogP contribution in [0.15, 0.2) is 66.0 Å². The zero-order chi connectivity index (χ0) is 20.9. The highest BCUT2D eigenvalue weighted by Gasteiger charge is 2.21. The van der Waals surface area contributed by atoms with Gasteiger partial charge in [0.05, 0.1) is 17.8 Å². The molecule has 4 rings (SSSR count). The van der Waals surface area contributed by atoms with Crippen LogP contribution in [-0.4, -0.2) is 29.8 Å². The summed E-state index contributed by atoms with van der Waals surface area (Å²) in [5.74, 6) is 0.181. The summed E-state index contributed by atoms with van der Waals surface area (Å²) in [6.45, 7) is 4.32. The van der Waals surface area contributed by atoms with E-state index in [4.69, 9.17) is 0 Å². The maximum absolute atomic E-state index is 13.2. The second kappa shape index (κ2) is 9.26. The lowest BCUT2D eigenvalue weighted by molar-refractivity contribution is -0.129. The molecule has 3 aromatic rings. The van der Waals surface area contributed by atoms with Crippen LogP contribution < -0.4 is 4.90 Å². The number of nitrogens with zero attached hydrogens (tertiary/aromatic N) is 2. The summed E-state index contributed by atoms with van der Waals surface area (Å²) < 4.78 is 0. The number of rotatable bonds is 6. The topological polar surface area (TPSA) is 40.6 Å². The van der Waals surface area contributed by atoms with Crippen molar-refractivity contribution in [1.29, 1.82) is 0 Å². The molecule has 1 aromatic heterocycles. The predicted octanol–water partition coefficient (Wildman–Crippen LogP) is 5.07. The van der Waals surface area contributed by atoms with Crippen LogP contribution in [0.1, 0.15) is 39.2 Å². The van der Waals surface area contributed by atoms with Gasteiger partial charge >= 0.3 is 0 Å². The fraction of sp³-hybridized carbons (Fsp3) is 0.280. The summed E-state index contributed by atoms with van der Waals surface area (Å²) in [5.41, 5.74) is 4.11. The molecule has 0 N–H and O–H groups in total. The summed E-state index contributed by atoms with van der Waals surface area (Å²) >= 11 is 1.45. The third-order valence-electron chi connectivity index (χ3n) is 5.63. The molecule has 4 nitrogen and oxygen atoms in total. The number of hydrogen-bond donors (Lipinski definition) is 0. The summed E-state index contributed by atoms with van der Waals surface area (Å²) in [4.78, 5) is 30.2. The van der Waals surface area contributed by atoms with Gasteiger partial charge in [0.15, 0.2) is 0 Å². The number of benzene rings is 2.